The van der Waals surface area contributed by atoms with E-state index >= 15 is 0 Å². The number of amides is 1. The summed E-state index contributed by atoms with van der Waals surface area (Å²) in [7, 11) is 1.33. The van der Waals surface area contributed by atoms with E-state index in [-0.39, 0.29) is 0 Å². The minimum atomic E-state index is -0.643. The van der Waals surface area contributed by atoms with Gasteiger partial charge in [0.15, 0.2) is 6.04 Å². The van der Waals surface area contributed by atoms with E-state index in [0.29, 0.717) is 12.5 Å². The molecular formula is C14H21NO4. The number of carbonyl (C=O) groups excluding carboxylic acids is 2. The minimum Gasteiger partial charge on any atom is -0.467 e. The topological polar surface area (TPSA) is 55.8 Å². The fourth-order valence-corrected chi connectivity index (χ4v) is 2.17. The fourth-order valence-electron chi connectivity index (χ4n) is 2.17. The van der Waals surface area contributed by atoms with Crippen LogP contribution in [0.3, 0.4) is 0 Å². The van der Waals surface area contributed by atoms with E-state index in [2.05, 4.69) is 0 Å². The molecule has 5 nitrogen and oxygen atoms in total. The Balaban J connectivity index is 2.10. The quantitative estimate of drug-likeness (QED) is 0.568. The maximum atomic E-state index is 12.1. The largest absolute Gasteiger partial charge is 0.467 e. The third-order valence-electron chi connectivity index (χ3n) is 3.23. The number of nitrogens with zero attached hydrogens (tertiary/aromatic N) is 1. The summed E-state index contributed by atoms with van der Waals surface area (Å²) in [6.45, 7) is 5.90. The van der Waals surface area contributed by atoms with Crippen LogP contribution >= 0.6 is 0 Å². The molecule has 1 saturated carbocycles. The van der Waals surface area contributed by atoms with Crippen LogP contribution < -0.4 is 0 Å². The zero-order chi connectivity index (χ0) is 14.2. The van der Waals surface area contributed by atoms with Gasteiger partial charge in [-0.3, -0.25) is 4.90 Å². The maximum Gasteiger partial charge on any atom is 0.411 e. The lowest BCUT2D eigenvalue weighted by molar-refractivity contribution is -0.144. The molecule has 0 spiro atoms. The Morgan fingerprint density at radius 3 is 2.42 bits per heavy atom. The fraction of sp³-hybridized carbons (Fsp3) is 0.714. The highest BCUT2D eigenvalue weighted by Gasteiger charge is 2.41. The van der Waals surface area contributed by atoms with Crippen molar-refractivity contribution in [1.29, 1.82) is 0 Å². The molecule has 1 atom stereocenters. The van der Waals surface area contributed by atoms with E-state index in [1.807, 2.05) is 26.8 Å². The molecule has 1 heterocycles. The van der Waals surface area contributed by atoms with Crippen molar-refractivity contribution in [1.82, 2.24) is 4.90 Å². The standard InChI is InChI=1S/C14H21NO4/c1-14(2,3)19-13(17)15-8-10(9-5-6-9)7-11(15)12(16)18-4/h7,9,11H,5-6,8H2,1-4H3. The monoisotopic (exact) mass is 267 g/mol. The van der Waals surface area contributed by atoms with Gasteiger partial charge in [0, 0.05) is 6.54 Å². The third kappa shape index (κ3) is 3.28. The number of rotatable bonds is 2. The minimum absolute atomic E-state index is 0.415. The normalized spacial score (nSPS) is 23.1. The third-order valence-corrected chi connectivity index (χ3v) is 3.23. The summed E-state index contributed by atoms with van der Waals surface area (Å²) in [5.74, 6) is 0.112. The average Bonchev–Trinajstić information content (AvgIpc) is 3.05. The smallest absolute Gasteiger partial charge is 0.411 e. The number of hydrogen-bond donors (Lipinski definition) is 0. The zero-order valence-electron chi connectivity index (χ0n) is 11.9. The van der Waals surface area contributed by atoms with Crippen LogP contribution in [0.2, 0.25) is 0 Å². The first-order chi connectivity index (χ1) is 8.81. The number of carbonyl (C=O) groups is 2. The highest BCUT2D eigenvalue weighted by Crippen LogP contribution is 2.40. The average molecular weight is 267 g/mol. The van der Waals surface area contributed by atoms with Crippen LogP contribution in [0.15, 0.2) is 11.6 Å². The Kier molecular flexibility index (Phi) is 3.56. The summed E-state index contributed by atoms with van der Waals surface area (Å²) in [6.07, 6.45) is 3.67. The van der Waals surface area contributed by atoms with E-state index in [9.17, 15) is 9.59 Å². The Bertz CT molecular complexity index is 418. The first kappa shape index (κ1) is 13.9. The molecule has 1 amide bonds. The van der Waals surface area contributed by atoms with Gasteiger partial charge in [0.25, 0.3) is 0 Å². The Morgan fingerprint density at radius 2 is 1.95 bits per heavy atom. The van der Waals surface area contributed by atoms with Crippen LogP contribution in [0.25, 0.3) is 0 Å². The molecule has 2 rings (SSSR count). The van der Waals surface area contributed by atoms with Crippen molar-refractivity contribution in [3.8, 4) is 0 Å². The summed E-state index contributed by atoms with van der Waals surface area (Å²) < 4.78 is 10.1. The Labute approximate surface area is 113 Å². The molecule has 19 heavy (non-hydrogen) atoms. The number of ether oxygens (including phenoxy) is 2. The highest BCUT2D eigenvalue weighted by molar-refractivity contribution is 5.85. The molecule has 0 N–H and O–H groups in total. The van der Waals surface area contributed by atoms with Gasteiger partial charge in [-0.15, -0.1) is 0 Å². The van der Waals surface area contributed by atoms with Gasteiger partial charge in [-0.1, -0.05) is 0 Å². The van der Waals surface area contributed by atoms with Gasteiger partial charge < -0.3 is 9.47 Å². The maximum absolute atomic E-state index is 12.1. The first-order valence-electron chi connectivity index (χ1n) is 6.60. The van der Waals surface area contributed by atoms with E-state index in [1.54, 1.807) is 0 Å². The second-order valence-corrected chi connectivity index (χ2v) is 6.09. The second kappa shape index (κ2) is 4.87. The molecule has 0 aromatic rings. The van der Waals surface area contributed by atoms with Crippen LogP contribution in [0.4, 0.5) is 4.79 Å². The van der Waals surface area contributed by atoms with Crippen molar-refractivity contribution in [2.75, 3.05) is 13.7 Å². The molecular weight excluding hydrogens is 246 g/mol. The van der Waals surface area contributed by atoms with Crippen LogP contribution in [0.1, 0.15) is 33.6 Å². The van der Waals surface area contributed by atoms with Gasteiger partial charge in [-0.2, -0.15) is 0 Å². The molecule has 0 aromatic heterocycles. The molecule has 5 heteroatoms. The van der Waals surface area contributed by atoms with Crippen molar-refractivity contribution >= 4 is 12.1 Å². The predicted octanol–water partition coefficient (Wildman–Crippen LogP) is 2.12. The van der Waals surface area contributed by atoms with Crippen LogP contribution in [0.5, 0.6) is 0 Å². The van der Waals surface area contributed by atoms with Gasteiger partial charge in [0.1, 0.15) is 5.60 Å². The Hall–Kier alpha value is -1.52. The summed E-state index contributed by atoms with van der Waals surface area (Å²) >= 11 is 0. The van der Waals surface area contributed by atoms with Crippen molar-refractivity contribution in [2.45, 2.75) is 45.3 Å². The SMILES string of the molecule is COC(=O)C1C=C(C2CC2)CN1C(=O)OC(C)(C)C. The highest BCUT2D eigenvalue weighted by atomic mass is 16.6. The molecule has 2 aliphatic rings. The molecule has 0 saturated heterocycles. The summed E-state index contributed by atoms with van der Waals surface area (Å²) in [4.78, 5) is 25.4. The predicted molar refractivity (Wildman–Crippen MR) is 69.6 cm³/mol. The van der Waals surface area contributed by atoms with Crippen LogP contribution in [0, 0.1) is 5.92 Å². The van der Waals surface area contributed by atoms with Crippen molar-refractivity contribution in [3.63, 3.8) is 0 Å². The van der Waals surface area contributed by atoms with Gasteiger partial charge in [-0.25, -0.2) is 9.59 Å². The molecule has 1 aliphatic carbocycles. The zero-order valence-corrected chi connectivity index (χ0v) is 11.9. The van der Waals surface area contributed by atoms with Gasteiger partial charge >= 0.3 is 12.1 Å². The number of methoxy groups -OCH3 is 1. The molecule has 1 unspecified atom stereocenters. The Morgan fingerprint density at radius 1 is 1.32 bits per heavy atom. The van der Waals surface area contributed by atoms with Crippen LogP contribution in [-0.4, -0.2) is 42.3 Å². The lowest BCUT2D eigenvalue weighted by Gasteiger charge is -2.27. The molecule has 0 bridgehead atoms. The lowest BCUT2D eigenvalue weighted by atomic mass is 10.1. The van der Waals surface area contributed by atoms with Crippen LogP contribution in [-0.2, 0) is 14.3 Å². The molecule has 0 aromatic carbocycles. The number of esters is 1. The van der Waals surface area contributed by atoms with Crippen molar-refractivity contribution in [3.05, 3.63) is 11.6 Å². The molecule has 106 valence electrons. The van der Waals surface area contributed by atoms with E-state index in [1.165, 1.54) is 12.0 Å². The van der Waals surface area contributed by atoms with E-state index in [4.69, 9.17) is 9.47 Å². The number of hydrogen-bond acceptors (Lipinski definition) is 4. The second-order valence-electron chi connectivity index (χ2n) is 6.09. The summed E-state index contributed by atoms with van der Waals surface area (Å²) in [5.41, 5.74) is 0.585. The van der Waals surface area contributed by atoms with Gasteiger partial charge in [0.05, 0.1) is 7.11 Å². The summed E-state index contributed by atoms with van der Waals surface area (Å²) in [5, 5.41) is 0. The van der Waals surface area contributed by atoms with Crippen molar-refractivity contribution < 1.29 is 19.1 Å². The molecule has 1 fully saturated rings. The van der Waals surface area contributed by atoms with Gasteiger partial charge in [-0.05, 0) is 51.2 Å². The molecule has 1 aliphatic heterocycles. The van der Waals surface area contributed by atoms with E-state index < -0.39 is 23.7 Å². The molecule has 0 radical (unpaired) electrons. The lowest BCUT2D eigenvalue weighted by Crippen LogP contribution is -2.44. The van der Waals surface area contributed by atoms with Crippen molar-refractivity contribution in [2.24, 2.45) is 5.92 Å². The first-order valence-corrected chi connectivity index (χ1v) is 6.60. The summed E-state index contributed by atoms with van der Waals surface area (Å²) in [6, 6.07) is -0.643. The van der Waals surface area contributed by atoms with Gasteiger partial charge in [0.2, 0.25) is 0 Å². The van der Waals surface area contributed by atoms with E-state index in [0.717, 1.165) is 18.4 Å².